The fourth-order valence-electron chi connectivity index (χ4n) is 3.54. The molecule has 2 aromatic rings. The Balaban J connectivity index is 1.78. The largest absolute Gasteiger partial charge is 0.497 e. The molecule has 2 heterocycles. The van der Waals surface area contributed by atoms with E-state index in [1.165, 1.54) is 0 Å². The zero-order chi connectivity index (χ0) is 22.4. The molecule has 0 saturated carbocycles. The van der Waals surface area contributed by atoms with E-state index in [-0.39, 0.29) is 30.5 Å². The van der Waals surface area contributed by atoms with Gasteiger partial charge in [0.05, 0.1) is 26.9 Å². The van der Waals surface area contributed by atoms with Crippen molar-refractivity contribution in [3.63, 3.8) is 0 Å². The number of hydrogen-bond acceptors (Lipinski definition) is 6. The molecule has 1 saturated heterocycles. The van der Waals surface area contributed by atoms with Crippen LogP contribution in [0, 0.1) is 0 Å². The van der Waals surface area contributed by atoms with E-state index in [1.807, 2.05) is 26.0 Å². The second-order valence-electron chi connectivity index (χ2n) is 7.72. The van der Waals surface area contributed by atoms with Crippen LogP contribution in [-0.2, 0) is 16.1 Å². The second kappa shape index (κ2) is 10.3. The van der Waals surface area contributed by atoms with Gasteiger partial charge in [-0.2, -0.15) is 0 Å². The van der Waals surface area contributed by atoms with E-state index in [0.717, 1.165) is 5.56 Å². The van der Waals surface area contributed by atoms with Crippen molar-refractivity contribution in [2.24, 2.45) is 0 Å². The first kappa shape index (κ1) is 22.6. The molecule has 166 valence electrons. The standard InChI is InChI=1S/C23H29N3O5/c1-16(2)26-13-21(31-15-17-9-19(29-3)11-20(10-17)30-4)12-25(14-22(26)27)23(28)18-5-7-24-8-6-18/h5-11,16,21H,12-15H2,1-4H3/t21-/m0/s1. The Morgan fingerprint density at radius 2 is 1.74 bits per heavy atom. The number of carbonyl (C=O) groups excluding carboxylic acids is 2. The number of benzene rings is 1. The second-order valence-corrected chi connectivity index (χ2v) is 7.72. The van der Waals surface area contributed by atoms with Crippen molar-refractivity contribution < 1.29 is 23.8 Å². The number of amides is 2. The molecule has 1 aliphatic heterocycles. The first-order valence-corrected chi connectivity index (χ1v) is 10.2. The van der Waals surface area contributed by atoms with E-state index in [9.17, 15) is 9.59 Å². The molecule has 8 nitrogen and oxygen atoms in total. The highest BCUT2D eigenvalue weighted by Gasteiger charge is 2.32. The lowest BCUT2D eigenvalue weighted by Gasteiger charge is -2.27. The summed E-state index contributed by atoms with van der Waals surface area (Å²) < 4.78 is 16.8. The quantitative estimate of drug-likeness (QED) is 0.675. The molecule has 0 radical (unpaired) electrons. The number of ether oxygens (including phenoxy) is 3. The molecule has 1 fully saturated rings. The topological polar surface area (TPSA) is 81.2 Å². The van der Waals surface area contributed by atoms with Crippen molar-refractivity contribution >= 4 is 11.8 Å². The van der Waals surface area contributed by atoms with Crippen molar-refractivity contribution in [3.8, 4) is 11.5 Å². The zero-order valence-electron chi connectivity index (χ0n) is 18.4. The normalized spacial score (nSPS) is 16.9. The van der Waals surface area contributed by atoms with Gasteiger partial charge in [-0.15, -0.1) is 0 Å². The average molecular weight is 428 g/mol. The summed E-state index contributed by atoms with van der Waals surface area (Å²) in [5.41, 5.74) is 1.38. The number of aromatic nitrogens is 1. The van der Waals surface area contributed by atoms with Crippen LogP contribution in [0.5, 0.6) is 11.5 Å². The number of methoxy groups -OCH3 is 2. The summed E-state index contributed by atoms with van der Waals surface area (Å²) in [6.45, 7) is 4.97. The molecular weight excluding hydrogens is 398 g/mol. The summed E-state index contributed by atoms with van der Waals surface area (Å²) in [6.07, 6.45) is 2.80. The van der Waals surface area contributed by atoms with Crippen LogP contribution in [0.25, 0.3) is 0 Å². The van der Waals surface area contributed by atoms with Gasteiger partial charge < -0.3 is 24.0 Å². The fraction of sp³-hybridized carbons (Fsp3) is 0.435. The van der Waals surface area contributed by atoms with Gasteiger partial charge in [0.15, 0.2) is 0 Å². The molecule has 8 heteroatoms. The Morgan fingerprint density at radius 1 is 1.10 bits per heavy atom. The number of pyridine rings is 1. The van der Waals surface area contributed by atoms with Crippen LogP contribution in [0.1, 0.15) is 29.8 Å². The molecule has 0 aliphatic carbocycles. The first-order chi connectivity index (χ1) is 14.9. The van der Waals surface area contributed by atoms with E-state index < -0.39 is 0 Å². The molecule has 0 N–H and O–H groups in total. The van der Waals surface area contributed by atoms with Crippen molar-refractivity contribution in [2.75, 3.05) is 33.9 Å². The van der Waals surface area contributed by atoms with Gasteiger partial charge in [0.2, 0.25) is 5.91 Å². The van der Waals surface area contributed by atoms with Crippen LogP contribution in [0.15, 0.2) is 42.7 Å². The van der Waals surface area contributed by atoms with E-state index in [4.69, 9.17) is 14.2 Å². The van der Waals surface area contributed by atoms with Crippen LogP contribution >= 0.6 is 0 Å². The maximum absolute atomic E-state index is 13.0. The van der Waals surface area contributed by atoms with Gasteiger partial charge in [0.25, 0.3) is 5.91 Å². The molecule has 2 amide bonds. The number of nitrogens with zero attached hydrogens (tertiary/aromatic N) is 3. The van der Waals surface area contributed by atoms with E-state index in [1.54, 1.807) is 54.6 Å². The summed E-state index contributed by atoms with van der Waals surface area (Å²) in [6, 6.07) is 8.86. The molecule has 3 rings (SSSR count). The summed E-state index contributed by atoms with van der Waals surface area (Å²) >= 11 is 0. The minimum absolute atomic E-state index is 0.00601. The molecule has 1 aromatic carbocycles. The summed E-state index contributed by atoms with van der Waals surface area (Å²) in [5.74, 6) is 1.05. The monoisotopic (exact) mass is 427 g/mol. The zero-order valence-corrected chi connectivity index (χ0v) is 18.4. The third-order valence-electron chi connectivity index (χ3n) is 5.21. The van der Waals surface area contributed by atoms with Crippen LogP contribution < -0.4 is 9.47 Å². The molecule has 1 atom stereocenters. The minimum Gasteiger partial charge on any atom is -0.497 e. The van der Waals surface area contributed by atoms with Gasteiger partial charge in [-0.3, -0.25) is 14.6 Å². The van der Waals surface area contributed by atoms with Crippen LogP contribution in [0.3, 0.4) is 0 Å². The van der Waals surface area contributed by atoms with Crippen molar-refractivity contribution in [1.82, 2.24) is 14.8 Å². The van der Waals surface area contributed by atoms with Crippen LogP contribution in [0.2, 0.25) is 0 Å². The molecule has 0 bridgehead atoms. The van der Waals surface area contributed by atoms with Gasteiger partial charge in [0.1, 0.15) is 18.0 Å². The summed E-state index contributed by atoms with van der Waals surface area (Å²) in [5, 5.41) is 0. The highest BCUT2D eigenvalue weighted by atomic mass is 16.5. The van der Waals surface area contributed by atoms with Gasteiger partial charge in [-0.1, -0.05) is 0 Å². The summed E-state index contributed by atoms with van der Waals surface area (Å²) in [4.78, 5) is 33.1. The molecule has 0 spiro atoms. The SMILES string of the molecule is COc1cc(CO[C@H]2CN(C(=O)c3ccncc3)CC(=O)N(C(C)C)C2)cc(OC)c1. The number of carbonyl (C=O) groups is 2. The Morgan fingerprint density at radius 3 is 2.32 bits per heavy atom. The van der Waals surface area contributed by atoms with Gasteiger partial charge in [-0.05, 0) is 43.7 Å². The van der Waals surface area contributed by atoms with Crippen molar-refractivity contribution in [2.45, 2.75) is 32.6 Å². The highest BCUT2D eigenvalue weighted by molar-refractivity contribution is 5.96. The lowest BCUT2D eigenvalue weighted by molar-refractivity contribution is -0.133. The predicted molar refractivity (Wildman–Crippen MR) is 115 cm³/mol. The van der Waals surface area contributed by atoms with Crippen LogP contribution in [-0.4, -0.2) is 72.6 Å². The highest BCUT2D eigenvalue weighted by Crippen LogP contribution is 2.24. The van der Waals surface area contributed by atoms with Crippen molar-refractivity contribution in [1.29, 1.82) is 0 Å². The fourth-order valence-corrected chi connectivity index (χ4v) is 3.54. The Hall–Kier alpha value is -3.13. The van der Waals surface area contributed by atoms with Gasteiger partial charge in [-0.25, -0.2) is 0 Å². The number of hydrogen-bond donors (Lipinski definition) is 0. The third kappa shape index (κ3) is 5.73. The van der Waals surface area contributed by atoms with E-state index in [0.29, 0.717) is 36.8 Å². The summed E-state index contributed by atoms with van der Waals surface area (Å²) in [7, 11) is 3.19. The van der Waals surface area contributed by atoms with Gasteiger partial charge in [0, 0.05) is 43.2 Å². The third-order valence-corrected chi connectivity index (χ3v) is 5.21. The Kier molecular flexibility index (Phi) is 7.46. The first-order valence-electron chi connectivity index (χ1n) is 10.2. The lowest BCUT2D eigenvalue weighted by Crippen LogP contribution is -2.42. The van der Waals surface area contributed by atoms with Gasteiger partial charge >= 0.3 is 0 Å². The van der Waals surface area contributed by atoms with E-state index in [2.05, 4.69) is 4.98 Å². The lowest BCUT2D eigenvalue weighted by atomic mass is 10.2. The minimum atomic E-state index is -0.336. The smallest absolute Gasteiger partial charge is 0.254 e. The number of rotatable bonds is 7. The van der Waals surface area contributed by atoms with Crippen molar-refractivity contribution in [3.05, 3.63) is 53.9 Å². The van der Waals surface area contributed by atoms with Crippen LogP contribution in [0.4, 0.5) is 0 Å². The Bertz CT molecular complexity index is 881. The molecule has 31 heavy (non-hydrogen) atoms. The maximum atomic E-state index is 13.0. The molecule has 0 unspecified atom stereocenters. The Labute approximate surface area is 182 Å². The predicted octanol–water partition coefficient (Wildman–Crippen LogP) is 2.38. The molecule has 1 aromatic heterocycles. The molecule has 1 aliphatic rings. The molecular formula is C23H29N3O5. The average Bonchev–Trinajstić information content (AvgIpc) is 2.96. The van der Waals surface area contributed by atoms with E-state index >= 15 is 0 Å². The maximum Gasteiger partial charge on any atom is 0.254 e.